The van der Waals surface area contributed by atoms with E-state index in [0.29, 0.717) is 22.7 Å². The average molecular weight is 323 g/mol. The Hall–Kier alpha value is -1.66. The SMILES string of the molecule is CC(=O)c1ccc(Nc2ncc(CCl)c(NC3CC3)n2)s1. The Bertz CT molecular complexity index is 669. The van der Waals surface area contributed by atoms with E-state index in [4.69, 9.17) is 11.6 Å². The molecule has 3 rings (SSSR count). The van der Waals surface area contributed by atoms with Crippen LogP contribution in [0.4, 0.5) is 16.8 Å². The lowest BCUT2D eigenvalue weighted by Crippen LogP contribution is -2.08. The smallest absolute Gasteiger partial charge is 0.229 e. The highest BCUT2D eigenvalue weighted by atomic mass is 35.5. The summed E-state index contributed by atoms with van der Waals surface area (Å²) in [6.45, 7) is 1.55. The summed E-state index contributed by atoms with van der Waals surface area (Å²) in [6, 6.07) is 4.15. The molecule has 2 heterocycles. The van der Waals surface area contributed by atoms with E-state index in [1.165, 1.54) is 24.2 Å². The molecule has 0 unspecified atom stereocenters. The minimum Gasteiger partial charge on any atom is -0.367 e. The summed E-state index contributed by atoms with van der Waals surface area (Å²) >= 11 is 7.30. The van der Waals surface area contributed by atoms with Gasteiger partial charge in [-0.25, -0.2) is 4.98 Å². The third kappa shape index (κ3) is 3.51. The van der Waals surface area contributed by atoms with E-state index in [9.17, 15) is 4.79 Å². The van der Waals surface area contributed by atoms with Gasteiger partial charge < -0.3 is 10.6 Å². The molecule has 2 aromatic heterocycles. The normalized spacial score (nSPS) is 14.0. The summed E-state index contributed by atoms with van der Waals surface area (Å²) in [5.74, 6) is 1.72. The molecule has 2 N–H and O–H groups in total. The van der Waals surface area contributed by atoms with Gasteiger partial charge in [-0.3, -0.25) is 4.79 Å². The number of nitrogens with one attached hydrogen (secondary N) is 2. The monoisotopic (exact) mass is 322 g/mol. The van der Waals surface area contributed by atoms with E-state index in [1.54, 1.807) is 19.2 Å². The van der Waals surface area contributed by atoms with Crippen molar-refractivity contribution < 1.29 is 4.79 Å². The van der Waals surface area contributed by atoms with Crippen molar-refractivity contribution in [1.82, 2.24) is 9.97 Å². The van der Waals surface area contributed by atoms with Crippen molar-refractivity contribution in [3.8, 4) is 0 Å². The summed E-state index contributed by atoms with van der Waals surface area (Å²) in [5.41, 5.74) is 0.893. The van der Waals surface area contributed by atoms with Gasteiger partial charge in [0.15, 0.2) is 5.78 Å². The Balaban J connectivity index is 1.78. The topological polar surface area (TPSA) is 66.9 Å². The quantitative estimate of drug-likeness (QED) is 0.625. The van der Waals surface area contributed by atoms with Gasteiger partial charge in [-0.1, -0.05) is 0 Å². The highest BCUT2D eigenvalue weighted by Gasteiger charge is 2.22. The number of anilines is 3. The maximum absolute atomic E-state index is 11.3. The number of nitrogens with zero attached hydrogens (tertiary/aromatic N) is 2. The van der Waals surface area contributed by atoms with E-state index in [0.717, 1.165) is 16.4 Å². The molecule has 110 valence electrons. The Morgan fingerprint density at radius 3 is 2.90 bits per heavy atom. The zero-order valence-corrected chi connectivity index (χ0v) is 13.1. The number of hydrogen-bond donors (Lipinski definition) is 2. The van der Waals surface area contributed by atoms with Crippen molar-refractivity contribution in [2.75, 3.05) is 10.6 Å². The fraction of sp³-hybridized carbons (Fsp3) is 0.357. The molecule has 5 nitrogen and oxygen atoms in total. The first-order valence-electron chi connectivity index (χ1n) is 6.72. The van der Waals surface area contributed by atoms with E-state index in [-0.39, 0.29) is 5.78 Å². The van der Waals surface area contributed by atoms with Crippen LogP contribution < -0.4 is 10.6 Å². The summed E-state index contributed by atoms with van der Waals surface area (Å²) < 4.78 is 0. The zero-order chi connectivity index (χ0) is 14.8. The average Bonchev–Trinajstić information content (AvgIpc) is 3.15. The molecule has 0 aliphatic heterocycles. The van der Waals surface area contributed by atoms with Crippen LogP contribution in [0.3, 0.4) is 0 Å². The van der Waals surface area contributed by atoms with Gasteiger partial charge in [0.1, 0.15) is 5.82 Å². The van der Waals surface area contributed by atoms with Crippen LogP contribution >= 0.6 is 22.9 Å². The molecular formula is C14H15ClN4OS. The molecule has 1 saturated carbocycles. The van der Waals surface area contributed by atoms with Gasteiger partial charge in [0.25, 0.3) is 0 Å². The number of carbonyl (C=O) groups excluding carboxylic acids is 1. The number of ketones is 1. The van der Waals surface area contributed by atoms with Crippen molar-refractivity contribution in [2.45, 2.75) is 31.7 Å². The molecule has 21 heavy (non-hydrogen) atoms. The van der Waals surface area contributed by atoms with Gasteiger partial charge in [-0.2, -0.15) is 4.98 Å². The van der Waals surface area contributed by atoms with Gasteiger partial charge in [0.05, 0.1) is 15.8 Å². The van der Waals surface area contributed by atoms with Crippen molar-refractivity contribution in [3.05, 3.63) is 28.8 Å². The Kier molecular flexibility index (Phi) is 4.07. The van der Waals surface area contributed by atoms with Gasteiger partial charge >= 0.3 is 0 Å². The standard InChI is InChI=1S/C14H15ClN4OS/c1-8(20)11-4-5-12(21-11)18-14-16-7-9(6-15)13(19-14)17-10-2-3-10/h4-5,7,10H,2-3,6H2,1H3,(H2,16,17,18,19). The van der Waals surface area contributed by atoms with E-state index in [2.05, 4.69) is 20.6 Å². The predicted molar refractivity (Wildman–Crippen MR) is 85.8 cm³/mol. The highest BCUT2D eigenvalue weighted by molar-refractivity contribution is 7.18. The van der Waals surface area contributed by atoms with Crippen LogP contribution in [0.1, 0.15) is 35.0 Å². The molecule has 7 heteroatoms. The minimum absolute atomic E-state index is 0.0579. The maximum atomic E-state index is 11.3. The van der Waals surface area contributed by atoms with Crippen molar-refractivity contribution in [2.24, 2.45) is 0 Å². The molecular weight excluding hydrogens is 308 g/mol. The molecule has 1 aliphatic carbocycles. The van der Waals surface area contributed by atoms with E-state index < -0.39 is 0 Å². The van der Waals surface area contributed by atoms with E-state index >= 15 is 0 Å². The molecule has 0 atom stereocenters. The molecule has 0 aromatic carbocycles. The fourth-order valence-electron chi connectivity index (χ4n) is 1.82. The van der Waals surface area contributed by atoms with Gasteiger partial charge in [-0.05, 0) is 31.9 Å². The van der Waals surface area contributed by atoms with Crippen LogP contribution in [0.2, 0.25) is 0 Å². The summed E-state index contributed by atoms with van der Waals surface area (Å²) in [7, 11) is 0. The lowest BCUT2D eigenvalue weighted by Gasteiger charge is -2.10. The minimum atomic E-state index is 0.0579. The highest BCUT2D eigenvalue weighted by Crippen LogP contribution is 2.28. The molecule has 1 aliphatic rings. The third-order valence-electron chi connectivity index (χ3n) is 3.11. The number of carbonyl (C=O) groups is 1. The van der Waals surface area contributed by atoms with Gasteiger partial charge in [0.2, 0.25) is 5.95 Å². The molecule has 0 radical (unpaired) electrons. The summed E-state index contributed by atoms with van der Waals surface area (Å²) in [5, 5.41) is 7.33. The first-order valence-corrected chi connectivity index (χ1v) is 8.07. The van der Waals surface area contributed by atoms with Crippen LogP contribution in [-0.2, 0) is 5.88 Å². The van der Waals surface area contributed by atoms with E-state index in [1.807, 2.05) is 6.07 Å². The second kappa shape index (κ2) is 5.99. The lowest BCUT2D eigenvalue weighted by molar-refractivity contribution is 0.102. The molecule has 0 amide bonds. The van der Waals surface area contributed by atoms with Crippen LogP contribution in [0.15, 0.2) is 18.3 Å². The van der Waals surface area contributed by atoms with Crippen molar-refractivity contribution in [3.63, 3.8) is 0 Å². The number of hydrogen-bond acceptors (Lipinski definition) is 6. The number of aromatic nitrogens is 2. The van der Waals surface area contributed by atoms with Crippen molar-refractivity contribution >= 4 is 45.5 Å². The van der Waals surface area contributed by atoms with Crippen LogP contribution in [0.5, 0.6) is 0 Å². The third-order valence-corrected chi connectivity index (χ3v) is 4.50. The Morgan fingerprint density at radius 2 is 2.29 bits per heavy atom. The zero-order valence-electron chi connectivity index (χ0n) is 11.5. The molecule has 0 bridgehead atoms. The van der Waals surface area contributed by atoms with Crippen LogP contribution in [0.25, 0.3) is 0 Å². The lowest BCUT2D eigenvalue weighted by atomic mass is 10.3. The van der Waals surface area contributed by atoms with Crippen LogP contribution in [0, 0.1) is 0 Å². The second-order valence-corrected chi connectivity index (χ2v) is 6.32. The molecule has 1 fully saturated rings. The largest absolute Gasteiger partial charge is 0.367 e. The first kappa shape index (κ1) is 14.3. The van der Waals surface area contributed by atoms with Gasteiger partial charge in [0, 0.05) is 17.8 Å². The maximum Gasteiger partial charge on any atom is 0.229 e. The first-order chi connectivity index (χ1) is 10.2. The Labute approximate surface area is 131 Å². The number of Topliss-reactive ketones (excluding diaryl/α,β-unsaturated/α-hetero) is 1. The number of rotatable bonds is 6. The van der Waals surface area contributed by atoms with Crippen molar-refractivity contribution in [1.29, 1.82) is 0 Å². The molecule has 0 saturated heterocycles. The Morgan fingerprint density at radius 1 is 1.48 bits per heavy atom. The molecule has 0 spiro atoms. The second-order valence-electron chi connectivity index (χ2n) is 4.96. The van der Waals surface area contributed by atoms with Crippen LogP contribution in [-0.4, -0.2) is 21.8 Å². The number of alkyl halides is 1. The molecule has 2 aromatic rings. The number of halogens is 1. The van der Waals surface area contributed by atoms with Gasteiger partial charge in [-0.15, -0.1) is 22.9 Å². The summed E-state index contributed by atoms with van der Waals surface area (Å²) in [4.78, 5) is 20.8. The number of thiophene rings is 1. The predicted octanol–water partition coefficient (Wildman–Crippen LogP) is 3.80. The fourth-order valence-corrected chi connectivity index (χ4v) is 2.81. The summed E-state index contributed by atoms with van der Waals surface area (Å²) in [6.07, 6.45) is 4.06.